The van der Waals surface area contributed by atoms with Crippen molar-refractivity contribution in [3.63, 3.8) is 0 Å². The fourth-order valence-electron chi connectivity index (χ4n) is 3.92. The lowest BCUT2D eigenvalue weighted by Crippen LogP contribution is -2.36. The Balaban J connectivity index is 1.73. The zero-order chi connectivity index (χ0) is 13.4. The molecule has 19 heavy (non-hydrogen) atoms. The minimum Gasteiger partial charge on any atom is -0.307 e. The molecule has 0 spiro atoms. The highest BCUT2D eigenvalue weighted by Gasteiger charge is 2.40. The van der Waals surface area contributed by atoms with E-state index in [1.54, 1.807) is 0 Å². The Hall–Kier alpha value is -0.240. The van der Waals surface area contributed by atoms with Gasteiger partial charge in [-0.05, 0) is 55.2 Å². The molecule has 2 aliphatic rings. The van der Waals surface area contributed by atoms with Gasteiger partial charge >= 0.3 is 0 Å². The first-order valence-electron chi connectivity index (χ1n) is 7.38. The third-order valence-corrected chi connectivity index (χ3v) is 5.46. The smallest absolute Gasteiger partial charge is 0.0468 e. The van der Waals surface area contributed by atoms with Crippen LogP contribution < -0.4 is 5.32 Å². The maximum atomic E-state index is 6.34. The Labute approximate surface area is 125 Å². The van der Waals surface area contributed by atoms with E-state index in [4.69, 9.17) is 23.2 Å². The van der Waals surface area contributed by atoms with Crippen LogP contribution in [0.15, 0.2) is 18.2 Å². The summed E-state index contributed by atoms with van der Waals surface area (Å²) in [4.78, 5) is 0. The number of fused-ring (bicyclic) bond motifs is 2. The number of rotatable bonds is 4. The summed E-state index contributed by atoms with van der Waals surface area (Å²) in [5, 5.41) is 5.34. The first kappa shape index (κ1) is 13.7. The van der Waals surface area contributed by atoms with Crippen molar-refractivity contribution in [3.8, 4) is 0 Å². The molecular weight excluding hydrogens is 277 g/mol. The quantitative estimate of drug-likeness (QED) is 0.803. The Morgan fingerprint density at radius 1 is 1.26 bits per heavy atom. The molecule has 0 aliphatic heterocycles. The maximum absolute atomic E-state index is 6.34. The second-order valence-corrected chi connectivity index (χ2v) is 6.92. The molecule has 1 nitrogen and oxygen atoms in total. The number of nitrogens with one attached hydrogen (secondary N) is 1. The predicted molar refractivity (Wildman–Crippen MR) is 81.9 cm³/mol. The van der Waals surface area contributed by atoms with E-state index in [9.17, 15) is 0 Å². The highest BCUT2D eigenvalue weighted by molar-refractivity contribution is 6.35. The van der Waals surface area contributed by atoms with Crippen LogP contribution in [-0.4, -0.2) is 6.04 Å². The van der Waals surface area contributed by atoms with E-state index >= 15 is 0 Å². The first-order chi connectivity index (χ1) is 9.17. The minimum atomic E-state index is 0.356. The summed E-state index contributed by atoms with van der Waals surface area (Å²) >= 11 is 12.3. The van der Waals surface area contributed by atoms with E-state index in [2.05, 4.69) is 18.3 Å². The molecule has 0 saturated heterocycles. The molecule has 2 bridgehead atoms. The Morgan fingerprint density at radius 3 is 2.68 bits per heavy atom. The maximum Gasteiger partial charge on any atom is 0.0468 e. The average molecular weight is 298 g/mol. The van der Waals surface area contributed by atoms with Gasteiger partial charge in [-0.2, -0.15) is 0 Å². The van der Waals surface area contributed by atoms with Crippen molar-refractivity contribution in [3.05, 3.63) is 33.8 Å². The van der Waals surface area contributed by atoms with Crippen molar-refractivity contribution in [1.82, 2.24) is 5.32 Å². The lowest BCUT2D eigenvalue weighted by Gasteiger charge is -2.29. The van der Waals surface area contributed by atoms with Crippen LogP contribution in [0.1, 0.15) is 50.6 Å². The summed E-state index contributed by atoms with van der Waals surface area (Å²) in [5.74, 6) is 1.87. The van der Waals surface area contributed by atoms with Gasteiger partial charge < -0.3 is 5.32 Å². The topological polar surface area (TPSA) is 12.0 Å². The lowest BCUT2D eigenvalue weighted by molar-refractivity contribution is 0.315. The summed E-state index contributed by atoms with van der Waals surface area (Å²) < 4.78 is 0. The highest BCUT2D eigenvalue weighted by atomic mass is 35.5. The third-order valence-electron chi connectivity index (χ3n) is 4.90. The average Bonchev–Trinajstić information content (AvgIpc) is 2.99. The normalized spacial score (nSPS) is 30.8. The molecule has 1 aromatic rings. The van der Waals surface area contributed by atoms with Gasteiger partial charge in [0.05, 0.1) is 0 Å². The van der Waals surface area contributed by atoms with Gasteiger partial charge in [0.1, 0.15) is 0 Å². The Morgan fingerprint density at radius 2 is 2.11 bits per heavy atom. The molecule has 0 amide bonds. The van der Waals surface area contributed by atoms with Crippen molar-refractivity contribution in [2.75, 3.05) is 0 Å². The van der Waals surface area contributed by atoms with Crippen molar-refractivity contribution in [2.45, 2.75) is 51.1 Å². The SMILES string of the molecule is CCC(NC1CC2CCC1C2)c1ccc(Cl)cc1Cl. The van der Waals surface area contributed by atoms with Crippen molar-refractivity contribution in [1.29, 1.82) is 0 Å². The van der Waals surface area contributed by atoms with Gasteiger partial charge in [-0.15, -0.1) is 0 Å². The van der Waals surface area contributed by atoms with Crippen molar-refractivity contribution in [2.24, 2.45) is 11.8 Å². The van der Waals surface area contributed by atoms with E-state index in [1.165, 1.54) is 31.2 Å². The monoisotopic (exact) mass is 297 g/mol. The summed E-state index contributed by atoms with van der Waals surface area (Å²) in [6.45, 7) is 2.22. The summed E-state index contributed by atoms with van der Waals surface area (Å²) in [6, 6.07) is 6.90. The van der Waals surface area contributed by atoms with Crippen LogP contribution in [0, 0.1) is 11.8 Å². The Kier molecular flexibility index (Phi) is 4.07. The molecule has 1 N–H and O–H groups in total. The van der Waals surface area contributed by atoms with Crippen LogP contribution in [-0.2, 0) is 0 Å². The van der Waals surface area contributed by atoms with Crippen molar-refractivity contribution >= 4 is 23.2 Å². The number of halogens is 2. The zero-order valence-electron chi connectivity index (χ0n) is 11.3. The zero-order valence-corrected chi connectivity index (χ0v) is 12.8. The van der Waals surface area contributed by atoms with Crippen LogP contribution in [0.3, 0.4) is 0 Å². The molecule has 1 aromatic carbocycles. The molecule has 104 valence electrons. The second-order valence-electron chi connectivity index (χ2n) is 6.07. The standard InChI is InChI=1S/C16H21Cl2N/c1-2-15(13-6-5-12(17)9-14(13)18)19-16-8-10-3-4-11(16)7-10/h5-6,9-11,15-16,19H,2-4,7-8H2,1H3. The molecule has 3 rings (SSSR count). The van der Waals surface area contributed by atoms with E-state index in [-0.39, 0.29) is 0 Å². The molecule has 2 fully saturated rings. The molecule has 4 unspecified atom stereocenters. The van der Waals surface area contributed by atoms with Crippen LogP contribution in [0.2, 0.25) is 10.0 Å². The Bertz CT molecular complexity index is 460. The molecule has 4 atom stereocenters. The molecule has 2 saturated carbocycles. The highest BCUT2D eigenvalue weighted by Crippen LogP contribution is 2.45. The molecular formula is C16H21Cl2N. The predicted octanol–water partition coefficient (Wildman–Crippen LogP) is 5.22. The van der Waals surface area contributed by atoms with Gasteiger partial charge in [0.2, 0.25) is 0 Å². The van der Waals surface area contributed by atoms with Gasteiger partial charge in [0.15, 0.2) is 0 Å². The van der Waals surface area contributed by atoms with E-state index in [0.717, 1.165) is 23.3 Å². The van der Waals surface area contributed by atoms with Gasteiger partial charge in [0.25, 0.3) is 0 Å². The van der Waals surface area contributed by atoms with Gasteiger partial charge in [-0.3, -0.25) is 0 Å². The number of hydrogen-bond acceptors (Lipinski definition) is 1. The lowest BCUT2D eigenvalue weighted by atomic mass is 9.93. The number of benzene rings is 1. The van der Waals surface area contributed by atoms with Gasteiger partial charge in [0, 0.05) is 22.1 Å². The van der Waals surface area contributed by atoms with Crippen LogP contribution in [0.25, 0.3) is 0 Å². The van der Waals surface area contributed by atoms with Crippen LogP contribution in [0.4, 0.5) is 0 Å². The first-order valence-corrected chi connectivity index (χ1v) is 8.14. The van der Waals surface area contributed by atoms with Crippen molar-refractivity contribution < 1.29 is 0 Å². The van der Waals surface area contributed by atoms with E-state index in [0.29, 0.717) is 17.1 Å². The summed E-state index contributed by atoms with van der Waals surface area (Å²) in [7, 11) is 0. The molecule has 0 aromatic heterocycles. The minimum absolute atomic E-state index is 0.356. The van der Waals surface area contributed by atoms with E-state index < -0.39 is 0 Å². The molecule has 0 radical (unpaired) electrons. The molecule has 3 heteroatoms. The fourth-order valence-corrected chi connectivity index (χ4v) is 4.46. The molecule has 0 heterocycles. The van der Waals surface area contributed by atoms with Crippen LogP contribution >= 0.6 is 23.2 Å². The summed E-state index contributed by atoms with van der Waals surface area (Å²) in [5.41, 5.74) is 1.19. The second kappa shape index (κ2) is 5.63. The third kappa shape index (κ3) is 2.79. The van der Waals surface area contributed by atoms with E-state index in [1.807, 2.05) is 12.1 Å². The fraction of sp³-hybridized carbons (Fsp3) is 0.625. The van der Waals surface area contributed by atoms with Crippen LogP contribution in [0.5, 0.6) is 0 Å². The summed E-state index contributed by atoms with van der Waals surface area (Å²) in [6.07, 6.45) is 6.71. The molecule has 2 aliphatic carbocycles. The number of hydrogen-bond donors (Lipinski definition) is 1. The van der Waals surface area contributed by atoms with Gasteiger partial charge in [-0.25, -0.2) is 0 Å². The van der Waals surface area contributed by atoms with Gasteiger partial charge in [-0.1, -0.05) is 42.6 Å². The largest absolute Gasteiger partial charge is 0.307 e.